The lowest BCUT2D eigenvalue weighted by atomic mass is 10.1. The fraction of sp³-hybridized carbons (Fsp3) is 0.176. The van der Waals surface area contributed by atoms with Crippen LogP contribution in [0.15, 0.2) is 47.4 Å². The molecule has 0 aromatic heterocycles. The number of aryl methyl sites for hydroxylation is 1. The lowest BCUT2D eigenvalue weighted by molar-refractivity contribution is -0.115. The van der Waals surface area contributed by atoms with Crippen molar-refractivity contribution in [2.45, 2.75) is 18.7 Å². The van der Waals surface area contributed by atoms with E-state index in [1.54, 1.807) is 24.3 Å². The van der Waals surface area contributed by atoms with Crippen LogP contribution < -0.4 is 10.0 Å². The summed E-state index contributed by atoms with van der Waals surface area (Å²) >= 11 is 0. The van der Waals surface area contributed by atoms with E-state index in [0.29, 0.717) is 11.3 Å². The van der Waals surface area contributed by atoms with Gasteiger partial charge in [-0.2, -0.15) is 0 Å². The molecule has 2 rings (SSSR count). The molecule has 2 aromatic carbocycles. The Bertz CT molecular complexity index is 909. The maximum Gasteiger partial charge on any atom is 0.241 e. The highest BCUT2D eigenvalue weighted by molar-refractivity contribution is 7.89. The predicted molar refractivity (Wildman–Crippen MR) is 91.4 cm³/mol. The molecule has 6 nitrogen and oxygen atoms in total. The minimum atomic E-state index is -3.94. The molecule has 0 saturated heterocycles. The standard InChI is InChI=1S/C17H17FN2O4S/c1-11-9-14(18)5-8-16(11)25(23,24)19-10-17(22)20-15-6-3-13(4-7-15)12(2)21/h3-9,19H,10H2,1-2H3,(H,20,22). The summed E-state index contributed by atoms with van der Waals surface area (Å²) in [5.41, 5.74) is 1.19. The smallest absolute Gasteiger partial charge is 0.241 e. The summed E-state index contributed by atoms with van der Waals surface area (Å²) in [7, 11) is -3.94. The van der Waals surface area contributed by atoms with Gasteiger partial charge in [-0.25, -0.2) is 17.5 Å². The van der Waals surface area contributed by atoms with Gasteiger partial charge in [-0.1, -0.05) is 0 Å². The minimum Gasteiger partial charge on any atom is -0.325 e. The van der Waals surface area contributed by atoms with Crippen LogP contribution in [0, 0.1) is 12.7 Å². The van der Waals surface area contributed by atoms with E-state index in [2.05, 4.69) is 10.0 Å². The number of sulfonamides is 1. The average molecular weight is 364 g/mol. The number of hydrogen-bond donors (Lipinski definition) is 2. The first kappa shape index (κ1) is 18.8. The van der Waals surface area contributed by atoms with Crippen LogP contribution in [0.25, 0.3) is 0 Å². The van der Waals surface area contributed by atoms with Gasteiger partial charge in [0, 0.05) is 11.3 Å². The number of halogens is 1. The van der Waals surface area contributed by atoms with Crippen LogP contribution in [0.4, 0.5) is 10.1 Å². The Morgan fingerprint density at radius 2 is 1.72 bits per heavy atom. The predicted octanol–water partition coefficient (Wildman–Crippen LogP) is 2.25. The molecule has 0 saturated carbocycles. The molecule has 0 bridgehead atoms. The summed E-state index contributed by atoms with van der Waals surface area (Å²) in [6, 6.07) is 9.50. The normalized spacial score (nSPS) is 11.2. The molecular formula is C17H17FN2O4S. The number of benzene rings is 2. The van der Waals surface area contributed by atoms with Gasteiger partial charge in [0.1, 0.15) is 5.82 Å². The summed E-state index contributed by atoms with van der Waals surface area (Å²) in [6.45, 7) is 2.42. The number of carbonyl (C=O) groups excluding carboxylic acids is 2. The molecule has 2 aromatic rings. The highest BCUT2D eigenvalue weighted by atomic mass is 32.2. The zero-order valence-corrected chi connectivity index (χ0v) is 14.5. The number of amides is 1. The molecule has 0 aliphatic rings. The molecule has 0 unspecified atom stereocenters. The minimum absolute atomic E-state index is 0.0903. The maximum absolute atomic E-state index is 13.1. The molecule has 132 valence electrons. The van der Waals surface area contributed by atoms with Gasteiger partial charge in [0.25, 0.3) is 0 Å². The van der Waals surface area contributed by atoms with Gasteiger partial charge in [0.2, 0.25) is 15.9 Å². The molecule has 2 N–H and O–H groups in total. The van der Waals surface area contributed by atoms with E-state index in [-0.39, 0.29) is 16.2 Å². The summed E-state index contributed by atoms with van der Waals surface area (Å²) in [5.74, 6) is -1.21. The number of rotatable bonds is 6. The molecular weight excluding hydrogens is 347 g/mol. The summed E-state index contributed by atoms with van der Waals surface area (Å²) in [5, 5.41) is 2.52. The first-order chi connectivity index (χ1) is 11.7. The Hall–Kier alpha value is -2.58. The number of hydrogen-bond acceptors (Lipinski definition) is 4. The Balaban J connectivity index is 2.00. The summed E-state index contributed by atoms with van der Waals surface area (Å²) in [4.78, 5) is 23.0. The second kappa shape index (κ2) is 7.54. The molecule has 1 amide bonds. The topological polar surface area (TPSA) is 92.3 Å². The van der Waals surface area contributed by atoms with Crippen molar-refractivity contribution in [3.8, 4) is 0 Å². The molecule has 0 spiro atoms. The van der Waals surface area contributed by atoms with Gasteiger partial charge >= 0.3 is 0 Å². The Labute approximate surface area is 145 Å². The van der Waals surface area contributed by atoms with Gasteiger partial charge in [-0.15, -0.1) is 0 Å². The number of ketones is 1. The van der Waals surface area contributed by atoms with Crippen molar-refractivity contribution in [2.24, 2.45) is 0 Å². The number of anilines is 1. The van der Waals surface area contributed by atoms with Crippen molar-refractivity contribution in [2.75, 3.05) is 11.9 Å². The van der Waals surface area contributed by atoms with Crippen molar-refractivity contribution in [3.05, 3.63) is 59.4 Å². The number of nitrogens with one attached hydrogen (secondary N) is 2. The number of carbonyl (C=O) groups is 2. The van der Waals surface area contributed by atoms with Crippen molar-refractivity contribution in [1.29, 1.82) is 0 Å². The van der Waals surface area contributed by atoms with Crippen molar-refractivity contribution in [1.82, 2.24) is 4.72 Å². The zero-order chi connectivity index (χ0) is 18.6. The fourth-order valence-corrected chi connectivity index (χ4v) is 3.35. The molecule has 0 radical (unpaired) electrons. The lowest BCUT2D eigenvalue weighted by Gasteiger charge is -2.10. The first-order valence-corrected chi connectivity index (χ1v) is 8.84. The highest BCUT2D eigenvalue weighted by Gasteiger charge is 2.18. The van der Waals surface area contributed by atoms with Crippen molar-refractivity contribution >= 4 is 27.4 Å². The van der Waals surface area contributed by atoms with Crippen LogP contribution in [0.5, 0.6) is 0 Å². The Morgan fingerprint density at radius 3 is 2.28 bits per heavy atom. The molecule has 0 aliphatic heterocycles. The maximum atomic E-state index is 13.1. The van der Waals surface area contributed by atoms with Crippen LogP contribution in [0.2, 0.25) is 0 Å². The quantitative estimate of drug-likeness (QED) is 0.769. The lowest BCUT2D eigenvalue weighted by Crippen LogP contribution is -2.33. The molecule has 0 heterocycles. The Kier molecular flexibility index (Phi) is 5.66. The molecule has 0 atom stereocenters. The van der Waals surface area contributed by atoms with E-state index in [1.165, 1.54) is 13.8 Å². The van der Waals surface area contributed by atoms with E-state index in [1.807, 2.05) is 0 Å². The largest absolute Gasteiger partial charge is 0.325 e. The van der Waals surface area contributed by atoms with Gasteiger partial charge in [-0.05, 0) is 61.9 Å². The van der Waals surface area contributed by atoms with Crippen molar-refractivity contribution < 1.29 is 22.4 Å². The van der Waals surface area contributed by atoms with Gasteiger partial charge < -0.3 is 5.32 Å². The second-order valence-corrected chi connectivity index (χ2v) is 7.15. The molecule has 0 fully saturated rings. The van der Waals surface area contributed by atoms with Crippen LogP contribution in [0.3, 0.4) is 0 Å². The fourth-order valence-electron chi connectivity index (χ4n) is 2.15. The van der Waals surface area contributed by atoms with E-state index in [0.717, 1.165) is 18.2 Å². The van der Waals surface area contributed by atoms with Crippen molar-refractivity contribution in [3.63, 3.8) is 0 Å². The SMILES string of the molecule is CC(=O)c1ccc(NC(=O)CNS(=O)(=O)c2ccc(F)cc2C)cc1. The van der Waals surface area contributed by atoms with Gasteiger partial charge in [0.15, 0.2) is 5.78 Å². The monoisotopic (exact) mass is 364 g/mol. The third kappa shape index (κ3) is 4.94. The van der Waals surface area contributed by atoms with E-state index in [4.69, 9.17) is 0 Å². The summed E-state index contributed by atoms with van der Waals surface area (Å²) in [6.07, 6.45) is 0. The average Bonchev–Trinajstić information content (AvgIpc) is 2.53. The van der Waals surface area contributed by atoms with Crippen LogP contribution in [-0.4, -0.2) is 26.7 Å². The molecule has 25 heavy (non-hydrogen) atoms. The second-order valence-electron chi connectivity index (χ2n) is 5.42. The van der Waals surface area contributed by atoms with E-state index < -0.39 is 28.3 Å². The van der Waals surface area contributed by atoms with Gasteiger partial charge in [0.05, 0.1) is 11.4 Å². The molecule has 8 heteroatoms. The van der Waals surface area contributed by atoms with Crippen LogP contribution >= 0.6 is 0 Å². The van der Waals surface area contributed by atoms with E-state index >= 15 is 0 Å². The number of Topliss-reactive ketones (excluding diaryl/α,β-unsaturated/α-hetero) is 1. The first-order valence-electron chi connectivity index (χ1n) is 7.36. The van der Waals surface area contributed by atoms with Gasteiger partial charge in [-0.3, -0.25) is 9.59 Å². The highest BCUT2D eigenvalue weighted by Crippen LogP contribution is 2.16. The Morgan fingerprint density at radius 1 is 1.08 bits per heavy atom. The molecule has 0 aliphatic carbocycles. The summed E-state index contributed by atoms with van der Waals surface area (Å²) < 4.78 is 39.6. The third-order valence-corrected chi connectivity index (χ3v) is 4.99. The van der Waals surface area contributed by atoms with Crippen LogP contribution in [-0.2, 0) is 14.8 Å². The van der Waals surface area contributed by atoms with Crippen LogP contribution in [0.1, 0.15) is 22.8 Å². The zero-order valence-electron chi connectivity index (χ0n) is 13.7. The van der Waals surface area contributed by atoms with E-state index in [9.17, 15) is 22.4 Å². The third-order valence-electron chi connectivity index (χ3n) is 3.42.